The van der Waals surface area contributed by atoms with E-state index in [4.69, 9.17) is 15.0 Å². The van der Waals surface area contributed by atoms with Gasteiger partial charge in [0, 0.05) is 30.0 Å². The molecule has 6 rings (SSSR count). The highest BCUT2D eigenvalue weighted by Gasteiger charge is 2.46. The summed E-state index contributed by atoms with van der Waals surface area (Å²) in [6.45, 7) is 5.64. The summed E-state index contributed by atoms with van der Waals surface area (Å²) in [5.74, 6) is 2.65. The molecule has 0 aromatic carbocycles. The number of hydrogen-bond donors (Lipinski definition) is 1. The molecule has 1 spiro atoms. The Labute approximate surface area is 155 Å². The van der Waals surface area contributed by atoms with Gasteiger partial charge in [-0.25, -0.2) is 4.98 Å². The maximum atomic E-state index is 4.89. The van der Waals surface area contributed by atoms with Gasteiger partial charge in [0.15, 0.2) is 5.82 Å². The summed E-state index contributed by atoms with van der Waals surface area (Å²) in [5, 5.41) is 3.63. The lowest BCUT2D eigenvalue weighted by Crippen LogP contribution is -2.42. The van der Waals surface area contributed by atoms with Gasteiger partial charge in [0.25, 0.3) is 0 Å². The Morgan fingerprint density at radius 3 is 2.96 bits per heavy atom. The van der Waals surface area contributed by atoms with Crippen LogP contribution < -0.4 is 5.32 Å². The summed E-state index contributed by atoms with van der Waals surface area (Å²) >= 11 is 0. The molecule has 0 amide bonds. The van der Waals surface area contributed by atoms with Gasteiger partial charge in [-0.3, -0.25) is 0 Å². The van der Waals surface area contributed by atoms with Crippen LogP contribution in [-0.4, -0.2) is 45.5 Å². The first kappa shape index (κ1) is 16.2. The molecule has 1 aromatic heterocycles. The number of likely N-dealkylation sites (N-methyl/N-ethyl adjacent to an activating group) is 1. The Bertz CT molecular complexity index is 803. The van der Waals surface area contributed by atoms with Crippen molar-refractivity contribution in [3.8, 4) is 0 Å². The molecule has 2 fully saturated rings. The van der Waals surface area contributed by atoms with E-state index in [1.54, 1.807) is 0 Å². The van der Waals surface area contributed by atoms with Crippen molar-refractivity contribution in [3.63, 3.8) is 0 Å². The van der Waals surface area contributed by atoms with Crippen molar-refractivity contribution in [2.45, 2.75) is 56.9 Å². The maximum Gasteiger partial charge on any atom is 0.226 e. The van der Waals surface area contributed by atoms with Crippen LogP contribution in [0.4, 0.5) is 5.95 Å². The number of fused-ring (bicyclic) bond motifs is 2. The number of nitrogens with one attached hydrogen (secondary N) is 1. The Hall–Kier alpha value is -2.01. The Morgan fingerprint density at radius 2 is 2.15 bits per heavy atom. The summed E-state index contributed by atoms with van der Waals surface area (Å²) in [4.78, 5) is 17.1. The molecule has 1 saturated carbocycles. The molecule has 0 radical (unpaired) electrons. The molecule has 5 aliphatic rings. The molecule has 1 N–H and O–H groups in total. The highest BCUT2D eigenvalue weighted by Crippen LogP contribution is 2.50. The van der Waals surface area contributed by atoms with E-state index in [0.29, 0.717) is 6.04 Å². The van der Waals surface area contributed by atoms with E-state index < -0.39 is 0 Å². The maximum absolute atomic E-state index is 4.89. The van der Waals surface area contributed by atoms with Gasteiger partial charge in [-0.05, 0) is 50.8 Å². The van der Waals surface area contributed by atoms with Crippen molar-refractivity contribution in [1.29, 1.82) is 0 Å². The van der Waals surface area contributed by atoms with E-state index in [1.807, 2.05) is 0 Å². The molecule has 4 heterocycles. The smallest absolute Gasteiger partial charge is 0.226 e. The third-order valence-corrected chi connectivity index (χ3v) is 6.25. The van der Waals surface area contributed by atoms with Crippen LogP contribution >= 0.6 is 0 Å². The third-order valence-electron chi connectivity index (χ3n) is 6.25. The summed E-state index contributed by atoms with van der Waals surface area (Å²) < 4.78 is 0. The Balaban J connectivity index is 1.47. The van der Waals surface area contributed by atoms with E-state index in [0.717, 1.165) is 43.5 Å². The number of aromatic nitrogens is 3. The normalized spacial score (nSPS) is 29.7. The van der Waals surface area contributed by atoms with Crippen molar-refractivity contribution in [3.05, 3.63) is 41.5 Å². The molecule has 1 saturated heterocycles. The zero-order valence-corrected chi connectivity index (χ0v) is 15.5. The zero-order valence-electron chi connectivity index (χ0n) is 15.5. The van der Waals surface area contributed by atoms with Crippen LogP contribution in [0, 0.1) is 0 Å². The minimum atomic E-state index is 0.139. The molecule has 136 valence electrons. The first-order valence-electron chi connectivity index (χ1n) is 10.1. The van der Waals surface area contributed by atoms with E-state index >= 15 is 0 Å². The van der Waals surface area contributed by atoms with Gasteiger partial charge >= 0.3 is 0 Å². The molecule has 1 aromatic rings. The monoisotopic (exact) mass is 349 g/mol. The van der Waals surface area contributed by atoms with E-state index in [2.05, 4.69) is 41.4 Å². The molecular formula is C21H27N5. The van der Waals surface area contributed by atoms with Gasteiger partial charge in [-0.1, -0.05) is 31.2 Å². The number of anilines is 1. The first-order chi connectivity index (χ1) is 12.7. The topological polar surface area (TPSA) is 53.9 Å². The predicted molar refractivity (Wildman–Crippen MR) is 104 cm³/mol. The van der Waals surface area contributed by atoms with Crippen LogP contribution in [0.15, 0.2) is 29.9 Å². The lowest BCUT2D eigenvalue weighted by atomic mass is 9.91. The van der Waals surface area contributed by atoms with Crippen molar-refractivity contribution < 1.29 is 0 Å². The van der Waals surface area contributed by atoms with Gasteiger partial charge < -0.3 is 10.2 Å². The molecular weight excluding hydrogens is 322 g/mol. The number of nitrogens with zero attached hydrogens (tertiary/aromatic N) is 4. The lowest BCUT2D eigenvalue weighted by molar-refractivity contribution is 0.226. The van der Waals surface area contributed by atoms with Crippen molar-refractivity contribution >= 4 is 11.5 Å². The fourth-order valence-corrected chi connectivity index (χ4v) is 4.28. The van der Waals surface area contributed by atoms with Gasteiger partial charge in [0.05, 0.1) is 0 Å². The average molecular weight is 349 g/mol. The molecule has 26 heavy (non-hydrogen) atoms. The first-order valence-corrected chi connectivity index (χ1v) is 10.1. The van der Waals surface area contributed by atoms with Gasteiger partial charge in [0.2, 0.25) is 5.95 Å². The molecule has 5 heteroatoms. The fraction of sp³-hybridized carbons (Fsp3) is 0.571. The number of piperidine rings is 1. The lowest BCUT2D eigenvalue weighted by Gasteiger charge is -2.32. The average Bonchev–Trinajstić information content (AvgIpc) is 3.41. The van der Waals surface area contributed by atoms with Crippen molar-refractivity contribution in [2.24, 2.45) is 0 Å². The summed E-state index contributed by atoms with van der Waals surface area (Å²) in [5.41, 5.74) is 2.75. The van der Waals surface area contributed by atoms with Gasteiger partial charge in [-0.2, -0.15) is 9.97 Å². The summed E-state index contributed by atoms with van der Waals surface area (Å²) in [6, 6.07) is 0.434. The molecule has 1 unspecified atom stereocenters. The second-order valence-electron chi connectivity index (χ2n) is 8.18. The van der Waals surface area contributed by atoms with E-state index in [9.17, 15) is 0 Å². The van der Waals surface area contributed by atoms with Crippen LogP contribution in [0.2, 0.25) is 0 Å². The number of likely N-dealkylation sites (tertiary alicyclic amines) is 1. The van der Waals surface area contributed by atoms with Gasteiger partial charge in [0.1, 0.15) is 5.82 Å². The second kappa shape index (κ2) is 6.31. The van der Waals surface area contributed by atoms with Crippen molar-refractivity contribution in [2.75, 3.05) is 25.0 Å². The fourth-order valence-electron chi connectivity index (χ4n) is 4.28. The highest BCUT2D eigenvalue weighted by atomic mass is 15.2. The highest BCUT2D eigenvalue weighted by molar-refractivity contribution is 5.74. The Morgan fingerprint density at radius 1 is 1.27 bits per heavy atom. The van der Waals surface area contributed by atoms with E-state index in [-0.39, 0.29) is 5.41 Å². The van der Waals surface area contributed by atoms with Gasteiger partial charge in [-0.15, -0.1) is 0 Å². The molecule has 3 aliphatic heterocycles. The molecule has 4 bridgehead atoms. The third kappa shape index (κ3) is 2.98. The molecule has 2 aliphatic carbocycles. The summed E-state index contributed by atoms with van der Waals surface area (Å²) in [6.07, 6.45) is 15.7. The van der Waals surface area contributed by atoms with Crippen LogP contribution in [0.1, 0.15) is 57.1 Å². The van der Waals surface area contributed by atoms with Crippen LogP contribution in [0.25, 0.3) is 5.57 Å². The number of hydrogen-bond acceptors (Lipinski definition) is 5. The molecule has 5 nitrogen and oxygen atoms in total. The standard InChI is InChI=1S/C21H27N5/c1-2-26-11-5-7-17(14-26)22-20-24-18-16-12-15(13-16)6-3-4-8-21(9-10-21)19(23-18)25-20/h3-4,6,12,17H,2,5,7-11,13-14H2,1H3,(H,22,23,24,25)/b4-3-,15-6+. The van der Waals surface area contributed by atoms with E-state index in [1.165, 1.54) is 43.4 Å². The van der Waals surface area contributed by atoms with Crippen molar-refractivity contribution in [1.82, 2.24) is 19.9 Å². The predicted octanol–water partition coefficient (Wildman–Crippen LogP) is 3.47. The zero-order chi connectivity index (χ0) is 17.6. The van der Waals surface area contributed by atoms with Crippen LogP contribution in [-0.2, 0) is 5.41 Å². The van der Waals surface area contributed by atoms with Crippen LogP contribution in [0.3, 0.4) is 0 Å². The second-order valence-corrected chi connectivity index (χ2v) is 8.18. The minimum absolute atomic E-state index is 0.139. The van der Waals surface area contributed by atoms with Crippen LogP contribution in [0.5, 0.6) is 0 Å². The quantitative estimate of drug-likeness (QED) is 0.905. The largest absolute Gasteiger partial charge is 0.350 e. The number of allylic oxidation sites excluding steroid dienone is 6. The molecule has 1 atom stereocenters. The summed E-state index contributed by atoms with van der Waals surface area (Å²) in [7, 11) is 0. The SMILES string of the molecule is CCN1CCCC(Nc2nc3nc(n2)C2(C/C=C\C=C4/C=C3C4)CC2)C1. The minimum Gasteiger partial charge on any atom is -0.350 e. The number of rotatable bonds is 3. The Kier molecular flexibility index (Phi) is 3.92.